The second-order valence-electron chi connectivity index (χ2n) is 11.2. The minimum Gasteiger partial charge on any atom is -0.457 e. The van der Waals surface area contributed by atoms with E-state index in [1.807, 2.05) is 0 Å². The Hall–Kier alpha value is -3.24. The molecule has 0 radical (unpaired) electrons. The van der Waals surface area contributed by atoms with Gasteiger partial charge in [0.1, 0.15) is 48.6 Å². The molecule has 0 bridgehead atoms. The maximum Gasteiger partial charge on any atom is 0.392 e. The Kier molecular flexibility index (Phi) is 14.0. The Morgan fingerprint density at radius 3 is 2.67 bits per heavy atom. The van der Waals surface area contributed by atoms with Crippen LogP contribution in [0.25, 0.3) is 11.2 Å². The Morgan fingerprint density at radius 1 is 1.15 bits per heavy atom. The van der Waals surface area contributed by atoms with Crippen molar-refractivity contribution in [2.45, 2.75) is 69.7 Å². The summed E-state index contributed by atoms with van der Waals surface area (Å²) in [7, 11) is -0.879. The largest absolute Gasteiger partial charge is 0.457 e. The predicted molar refractivity (Wildman–Crippen MR) is 182 cm³/mol. The summed E-state index contributed by atoms with van der Waals surface area (Å²) in [6.07, 6.45) is -0.898. The van der Waals surface area contributed by atoms with Gasteiger partial charge in [0.25, 0.3) is 6.47 Å². The zero-order valence-electron chi connectivity index (χ0n) is 27.8. The lowest BCUT2D eigenvalue weighted by Crippen LogP contribution is -2.32. The quantitative estimate of drug-likeness (QED) is 0.0623. The number of nitrogens with zero attached hydrogens (tertiary/aromatic N) is 5. The van der Waals surface area contributed by atoms with Crippen LogP contribution in [-0.4, -0.2) is 117 Å². The normalized spacial score (nSPS) is 29.4. The molecule has 0 aromatic carbocycles. The van der Waals surface area contributed by atoms with Crippen LogP contribution >= 0.6 is 37.1 Å². The van der Waals surface area contributed by atoms with E-state index in [0.717, 1.165) is 11.0 Å². The molecule has 284 valence electrons. The van der Waals surface area contributed by atoms with Gasteiger partial charge in [-0.1, -0.05) is 0 Å². The minimum atomic E-state index is -4.19. The Morgan fingerprint density at radius 2 is 1.94 bits per heavy atom. The van der Waals surface area contributed by atoms with Crippen LogP contribution in [0, 0.1) is 0 Å². The fourth-order valence-electron chi connectivity index (χ4n) is 5.04. The summed E-state index contributed by atoms with van der Waals surface area (Å²) in [6.45, 7) is -1.60. The molecule has 0 aliphatic carbocycles. The molecule has 6 unspecified atom stereocenters. The number of hydrogen-bond acceptors (Lipinski definition) is 20. The summed E-state index contributed by atoms with van der Waals surface area (Å²) < 4.78 is 62.3. The number of carbonyl (C=O) groups is 5. The van der Waals surface area contributed by atoms with Gasteiger partial charge < -0.3 is 39.0 Å². The van der Waals surface area contributed by atoms with Crippen LogP contribution in [0.2, 0.25) is 0 Å². The number of aromatic nitrogens is 4. The molecule has 2 aromatic rings. The van der Waals surface area contributed by atoms with Gasteiger partial charge in [-0.05, 0) is 13.8 Å². The third-order valence-corrected chi connectivity index (χ3v) is 13.6. The summed E-state index contributed by atoms with van der Waals surface area (Å²) in [4.78, 5) is 73.7. The molecule has 25 heteroatoms. The number of anilines is 1. The molecule has 2 aromatic heterocycles. The van der Waals surface area contributed by atoms with Crippen molar-refractivity contribution in [2.75, 3.05) is 31.9 Å². The molecule has 5 rings (SSSR count). The van der Waals surface area contributed by atoms with E-state index < -0.39 is 86.9 Å². The van der Waals surface area contributed by atoms with Crippen LogP contribution in [-0.2, 0) is 65.6 Å². The van der Waals surface area contributed by atoms with Crippen molar-refractivity contribution in [1.82, 2.24) is 29.7 Å². The van der Waals surface area contributed by atoms with Crippen molar-refractivity contribution in [2.24, 2.45) is 0 Å². The number of ether oxygens (including phenoxy) is 4. The Bertz CT molecular complexity index is 1710. The number of rotatable bonds is 11. The van der Waals surface area contributed by atoms with Crippen LogP contribution in [0.1, 0.15) is 32.9 Å². The van der Waals surface area contributed by atoms with E-state index in [0.29, 0.717) is 40.3 Å². The molecule has 3 aliphatic rings. The number of fused-ring (bicyclic) bond motifs is 3. The smallest absolute Gasteiger partial charge is 0.392 e. The van der Waals surface area contributed by atoms with Gasteiger partial charge in [-0.3, -0.25) is 37.7 Å². The van der Waals surface area contributed by atoms with Crippen LogP contribution in [0.4, 0.5) is 5.82 Å². The van der Waals surface area contributed by atoms with Gasteiger partial charge in [-0.2, -0.15) is 0 Å². The van der Waals surface area contributed by atoms with Gasteiger partial charge in [-0.25, -0.2) is 24.3 Å². The molecule has 52 heavy (non-hydrogen) atoms. The first-order valence-electron chi connectivity index (χ1n) is 15.5. The van der Waals surface area contributed by atoms with Crippen molar-refractivity contribution >= 4 is 84.0 Å². The van der Waals surface area contributed by atoms with E-state index in [-0.39, 0.29) is 31.7 Å². The summed E-state index contributed by atoms with van der Waals surface area (Å²) in [5.74, 6) is -1.85. The monoisotopic (exact) mass is 807 g/mol. The topological polar surface area (TPSA) is 261 Å². The Balaban J connectivity index is 1.44. The van der Waals surface area contributed by atoms with Gasteiger partial charge in [-0.15, -0.1) is 0 Å². The first-order chi connectivity index (χ1) is 24.9. The number of esters is 1. The van der Waals surface area contributed by atoms with Crippen LogP contribution < -0.4 is 11.1 Å². The zero-order chi connectivity index (χ0) is 37.4. The standard InChI is InChI=1S/C27H35N7O14P2S2/c1-15(2)44-26(38)27(39)52-49-42-8-18-17(7-22(46-18)34-11-32-23-24(28)30-10-31-25(23)34)48-50(40,51-14-41-13-36)43-9-19-16(47-49)6-21(45-19)33(12-35)5-4-20(37)29-3/h4-5,10-13,15-19,21-22H,6-9,14H2,1-3H3,(H,29,37)(H2,28,30,31)/b5-4-/t16-,17-,18?,19?,21?,22?,49?,50?/m0/s1. The van der Waals surface area contributed by atoms with E-state index >= 15 is 0 Å². The third kappa shape index (κ3) is 10.0. The van der Waals surface area contributed by atoms with Crippen molar-refractivity contribution < 1.29 is 65.6 Å². The molecule has 3 saturated heterocycles. The SMILES string of the molecule is CNC(=O)/C=C\N(C=O)C1C[C@@H]2OP(SC(=O)C(=O)OC(C)C)OCC3OC(n4cnc5c(N)ncnc54)C[C@@H]3OP(=O)(SCOC=O)OCC2O1. The molecule has 3 N–H and O–H groups in total. The van der Waals surface area contributed by atoms with Crippen LogP contribution in [0.15, 0.2) is 24.9 Å². The van der Waals surface area contributed by atoms with Gasteiger partial charge in [0.15, 0.2) is 11.5 Å². The number of hydrogen-bond donors (Lipinski definition) is 2. The second kappa shape index (κ2) is 18.2. The molecule has 5 heterocycles. The maximum absolute atomic E-state index is 14.2. The number of nitrogens with two attached hydrogens (primary N) is 1. The van der Waals surface area contributed by atoms with E-state index in [4.69, 9.17) is 42.8 Å². The molecule has 3 aliphatic heterocycles. The van der Waals surface area contributed by atoms with Crippen molar-refractivity contribution in [3.05, 3.63) is 24.9 Å². The van der Waals surface area contributed by atoms with Gasteiger partial charge >= 0.3 is 17.9 Å². The molecule has 8 atom stereocenters. The van der Waals surface area contributed by atoms with E-state index in [1.165, 1.54) is 25.9 Å². The number of carbonyl (C=O) groups excluding carboxylic acids is 5. The number of nitrogen functional groups attached to an aromatic ring is 1. The molecular formula is C27H35N7O14P2S2. The highest BCUT2D eigenvalue weighted by molar-refractivity contribution is 8.61. The van der Waals surface area contributed by atoms with E-state index in [1.54, 1.807) is 18.4 Å². The zero-order valence-corrected chi connectivity index (χ0v) is 31.2. The third-order valence-electron chi connectivity index (χ3n) is 7.40. The maximum atomic E-state index is 14.2. The Labute approximate surface area is 305 Å². The second-order valence-corrected chi connectivity index (χ2v) is 18.1. The molecule has 21 nitrogen and oxygen atoms in total. The van der Waals surface area contributed by atoms with Crippen molar-refractivity contribution in [3.8, 4) is 0 Å². The lowest BCUT2D eigenvalue weighted by Gasteiger charge is -2.29. The molecule has 0 spiro atoms. The number of nitrogens with one attached hydrogen (secondary N) is 1. The van der Waals surface area contributed by atoms with E-state index in [2.05, 4.69) is 20.3 Å². The summed E-state index contributed by atoms with van der Waals surface area (Å²) >= 11 is 1.06. The highest BCUT2D eigenvalue weighted by Gasteiger charge is 2.47. The lowest BCUT2D eigenvalue weighted by atomic mass is 10.2. The van der Waals surface area contributed by atoms with Gasteiger partial charge in [0, 0.05) is 54.9 Å². The van der Waals surface area contributed by atoms with Crippen molar-refractivity contribution in [1.29, 1.82) is 0 Å². The van der Waals surface area contributed by atoms with Crippen molar-refractivity contribution in [3.63, 3.8) is 0 Å². The first-order valence-corrected chi connectivity index (χ1v) is 21.2. The fraction of sp³-hybridized carbons (Fsp3) is 0.556. The number of imidazole rings is 1. The van der Waals surface area contributed by atoms with E-state index in [9.17, 15) is 28.5 Å². The minimum absolute atomic E-state index is 0.0336. The summed E-state index contributed by atoms with van der Waals surface area (Å²) in [6, 6.07) is 0. The number of amides is 2. The predicted octanol–water partition coefficient (Wildman–Crippen LogP) is 1.76. The summed E-state index contributed by atoms with van der Waals surface area (Å²) in [5, 5.41) is 1.40. The molecular weight excluding hydrogens is 772 g/mol. The first kappa shape index (κ1) is 40.0. The highest BCUT2D eigenvalue weighted by Crippen LogP contribution is 2.64. The molecule has 2 amide bonds. The average molecular weight is 808 g/mol. The number of likely N-dealkylation sites (N-methyl/N-ethyl adjacent to an activating group) is 1. The lowest BCUT2D eigenvalue weighted by molar-refractivity contribution is -0.153. The highest BCUT2D eigenvalue weighted by atomic mass is 32.7. The summed E-state index contributed by atoms with van der Waals surface area (Å²) in [5.41, 5.74) is 6.64. The van der Waals surface area contributed by atoms with Crippen LogP contribution in [0.5, 0.6) is 0 Å². The molecule has 0 saturated carbocycles. The molecule has 3 fully saturated rings. The van der Waals surface area contributed by atoms with Gasteiger partial charge in [0.2, 0.25) is 19.9 Å². The fourth-order valence-corrected chi connectivity index (χ4v) is 10.4. The van der Waals surface area contributed by atoms with Gasteiger partial charge in [0.05, 0.1) is 31.7 Å². The average Bonchev–Trinajstić information content (AvgIpc) is 3.83. The van der Waals surface area contributed by atoms with Crippen LogP contribution in [0.3, 0.4) is 0 Å².